The molecule has 112 valence electrons. The second-order valence-electron chi connectivity index (χ2n) is 6.22. The van der Waals surface area contributed by atoms with E-state index in [2.05, 4.69) is 34.6 Å². The molecule has 0 bridgehead atoms. The van der Waals surface area contributed by atoms with Crippen molar-refractivity contribution in [2.24, 2.45) is 22.3 Å². The van der Waals surface area contributed by atoms with E-state index in [0.29, 0.717) is 13.1 Å². The Balaban J connectivity index is 0. The van der Waals surface area contributed by atoms with E-state index < -0.39 is 0 Å². The molecule has 0 aromatic heterocycles. The van der Waals surface area contributed by atoms with Gasteiger partial charge in [0.25, 0.3) is 0 Å². The Morgan fingerprint density at radius 2 is 1.33 bits per heavy atom. The Hall–Kier alpha value is -0.160. The molecular weight excluding hydrogens is 228 g/mol. The van der Waals surface area contributed by atoms with Crippen molar-refractivity contribution in [1.29, 1.82) is 0 Å². The fourth-order valence-corrected chi connectivity index (χ4v) is 1.00. The third kappa shape index (κ3) is 13.9. The molecule has 0 heterocycles. The highest BCUT2D eigenvalue weighted by molar-refractivity contribution is 4.67. The zero-order valence-electron chi connectivity index (χ0n) is 13.2. The van der Waals surface area contributed by atoms with Crippen molar-refractivity contribution < 1.29 is 9.47 Å². The van der Waals surface area contributed by atoms with E-state index in [0.717, 1.165) is 26.2 Å². The molecule has 0 amide bonds. The van der Waals surface area contributed by atoms with Crippen molar-refractivity contribution in [2.75, 3.05) is 40.0 Å². The van der Waals surface area contributed by atoms with Crippen molar-refractivity contribution in [3.63, 3.8) is 0 Å². The van der Waals surface area contributed by atoms with Crippen LogP contribution in [0.1, 0.15) is 41.0 Å². The molecule has 4 N–H and O–H groups in total. The zero-order valence-corrected chi connectivity index (χ0v) is 13.2. The van der Waals surface area contributed by atoms with Crippen LogP contribution in [0.15, 0.2) is 0 Å². The summed E-state index contributed by atoms with van der Waals surface area (Å²) in [4.78, 5) is 0. The van der Waals surface area contributed by atoms with E-state index in [4.69, 9.17) is 20.9 Å². The summed E-state index contributed by atoms with van der Waals surface area (Å²) in [5, 5.41) is 0. The van der Waals surface area contributed by atoms with Crippen molar-refractivity contribution in [3.05, 3.63) is 0 Å². The van der Waals surface area contributed by atoms with Gasteiger partial charge in [0.15, 0.2) is 0 Å². The Bertz CT molecular complexity index is 183. The van der Waals surface area contributed by atoms with Crippen molar-refractivity contribution >= 4 is 0 Å². The molecule has 0 rings (SSSR count). The average Bonchev–Trinajstić information content (AvgIpc) is 2.30. The molecule has 0 aliphatic heterocycles. The predicted octanol–water partition coefficient (Wildman–Crippen LogP) is 2.02. The largest absolute Gasteiger partial charge is 0.384 e. The SMILES string of the molecule is CCCOCC(C)(C)CN.COCC(C)(C)CN. The number of nitrogens with two attached hydrogens (primary N) is 2. The molecule has 0 aromatic rings. The standard InChI is InChI=1S/C8H19NO.C6H15NO/c1-4-5-10-7-8(2,3)6-9;1-6(2,4-7)5-8-3/h4-7,9H2,1-3H3;4-5,7H2,1-3H3. The van der Waals surface area contributed by atoms with Crippen LogP contribution in [0.2, 0.25) is 0 Å². The summed E-state index contributed by atoms with van der Waals surface area (Å²) in [6.45, 7) is 14.2. The maximum absolute atomic E-state index is 5.51. The first-order valence-corrected chi connectivity index (χ1v) is 6.71. The molecule has 4 nitrogen and oxygen atoms in total. The molecular formula is C14H34N2O2. The summed E-state index contributed by atoms with van der Waals surface area (Å²) in [5.41, 5.74) is 11.2. The predicted molar refractivity (Wildman–Crippen MR) is 78.7 cm³/mol. The average molecular weight is 262 g/mol. The topological polar surface area (TPSA) is 70.5 Å². The van der Waals surface area contributed by atoms with E-state index in [1.807, 2.05) is 0 Å². The van der Waals surface area contributed by atoms with Crippen LogP contribution in [0, 0.1) is 10.8 Å². The van der Waals surface area contributed by atoms with Crippen molar-refractivity contribution in [3.8, 4) is 0 Å². The smallest absolute Gasteiger partial charge is 0.0529 e. The molecule has 0 saturated heterocycles. The van der Waals surface area contributed by atoms with Crippen LogP contribution in [0.5, 0.6) is 0 Å². The molecule has 0 atom stereocenters. The van der Waals surface area contributed by atoms with Crippen LogP contribution in [0.25, 0.3) is 0 Å². The molecule has 0 radical (unpaired) electrons. The van der Waals surface area contributed by atoms with Gasteiger partial charge in [0.1, 0.15) is 0 Å². The molecule has 0 aliphatic carbocycles. The summed E-state index contributed by atoms with van der Waals surface area (Å²) >= 11 is 0. The molecule has 0 saturated carbocycles. The highest BCUT2D eigenvalue weighted by atomic mass is 16.5. The quantitative estimate of drug-likeness (QED) is 0.657. The van der Waals surface area contributed by atoms with Gasteiger partial charge in [-0.1, -0.05) is 34.6 Å². The summed E-state index contributed by atoms with van der Waals surface area (Å²) in [7, 11) is 1.69. The molecule has 0 fully saturated rings. The molecule has 18 heavy (non-hydrogen) atoms. The monoisotopic (exact) mass is 262 g/mol. The summed E-state index contributed by atoms with van der Waals surface area (Å²) in [6.07, 6.45) is 1.08. The summed E-state index contributed by atoms with van der Waals surface area (Å²) in [6, 6.07) is 0. The second kappa shape index (κ2) is 10.7. The lowest BCUT2D eigenvalue weighted by Crippen LogP contribution is -2.28. The fraction of sp³-hybridized carbons (Fsp3) is 1.00. The Labute approximate surface area is 113 Å². The van der Waals surface area contributed by atoms with E-state index in [1.165, 1.54) is 0 Å². The summed E-state index contributed by atoms with van der Waals surface area (Å²) < 4.78 is 10.3. The number of ether oxygens (including phenoxy) is 2. The fourth-order valence-electron chi connectivity index (χ4n) is 1.00. The Morgan fingerprint density at radius 1 is 0.889 bits per heavy atom. The molecule has 4 heteroatoms. The van der Waals surface area contributed by atoms with Crippen LogP contribution >= 0.6 is 0 Å². The third-order valence-electron chi connectivity index (χ3n) is 2.48. The van der Waals surface area contributed by atoms with E-state index >= 15 is 0 Å². The summed E-state index contributed by atoms with van der Waals surface area (Å²) in [5.74, 6) is 0. The first-order chi connectivity index (χ1) is 8.24. The minimum absolute atomic E-state index is 0.148. The van der Waals surface area contributed by atoms with Gasteiger partial charge in [0.05, 0.1) is 13.2 Å². The van der Waals surface area contributed by atoms with Gasteiger partial charge in [-0.25, -0.2) is 0 Å². The van der Waals surface area contributed by atoms with Gasteiger partial charge >= 0.3 is 0 Å². The molecule has 0 aliphatic rings. The third-order valence-corrected chi connectivity index (χ3v) is 2.48. The van der Waals surface area contributed by atoms with Crippen molar-refractivity contribution in [2.45, 2.75) is 41.0 Å². The highest BCUT2D eigenvalue weighted by Gasteiger charge is 2.14. The number of hydrogen-bond acceptors (Lipinski definition) is 4. The minimum Gasteiger partial charge on any atom is -0.384 e. The first kappa shape index (κ1) is 20.2. The normalized spacial score (nSPS) is 12.0. The van der Waals surface area contributed by atoms with Gasteiger partial charge in [-0.3, -0.25) is 0 Å². The van der Waals surface area contributed by atoms with Gasteiger partial charge in [-0.15, -0.1) is 0 Å². The lowest BCUT2D eigenvalue weighted by Gasteiger charge is -2.21. The van der Waals surface area contributed by atoms with E-state index in [-0.39, 0.29) is 10.8 Å². The van der Waals surface area contributed by atoms with Crippen molar-refractivity contribution in [1.82, 2.24) is 0 Å². The highest BCUT2D eigenvalue weighted by Crippen LogP contribution is 2.12. The number of methoxy groups -OCH3 is 1. The van der Waals surface area contributed by atoms with Gasteiger partial charge in [0.2, 0.25) is 0 Å². The maximum atomic E-state index is 5.51. The maximum Gasteiger partial charge on any atom is 0.0529 e. The Kier molecular flexibility index (Phi) is 12.0. The first-order valence-electron chi connectivity index (χ1n) is 6.71. The lowest BCUT2D eigenvalue weighted by atomic mass is 9.95. The molecule has 0 aromatic carbocycles. The minimum atomic E-state index is 0.148. The van der Waals surface area contributed by atoms with Gasteiger partial charge in [0, 0.05) is 24.5 Å². The van der Waals surface area contributed by atoms with Gasteiger partial charge in [-0.2, -0.15) is 0 Å². The van der Waals surface area contributed by atoms with Gasteiger partial charge < -0.3 is 20.9 Å². The Morgan fingerprint density at radius 3 is 1.61 bits per heavy atom. The van der Waals surface area contributed by atoms with E-state index in [9.17, 15) is 0 Å². The van der Waals surface area contributed by atoms with E-state index in [1.54, 1.807) is 7.11 Å². The van der Waals surface area contributed by atoms with Crippen LogP contribution in [-0.2, 0) is 9.47 Å². The second-order valence-corrected chi connectivity index (χ2v) is 6.22. The zero-order chi connectivity index (χ0) is 14.7. The van der Waals surface area contributed by atoms with Crippen LogP contribution < -0.4 is 11.5 Å². The van der Waals surface area contributed by atoms with Gasteiger partial charge in [-0.05, 0) is 19.5 Å². The van der Waals surface area contributed by atoms with Crippen LogP contribution in [-0.4, -0.2) is 40.0 Å². The van der Waals surface area contributed by atoms with Crippen LogP contribution in [0.4, 0.5) is 0 Å². The molecule has 0 spiro atoms. The number of rotatable bonds is 8. The lowest BCUT2D eigenvalue weighted by molar-refractivity contribution is 0.0669. The number of hydrogen-bond donors (Lipinski definition) is 2. The van der Waals surface area contributed by atoms with Crippen LogP contribution in [0.3, 0.4) is 0 Å². The molecule has 0 unspecified atom stereocenters.